The number of nitrogen functional groups attached to an aromatic ring is 1. The summed E-state index contributed by atoms with van der Waals surface area (Å²) < 4.78 is 0. The predicted octanol–water partition coefficient (Wildman–Crippen LogP) is 2.00. The van der Waals surface area contributed by atoms with Crippen LogP contribution in [-0.2, 0) is 0 Å². The molecular weight excluding hydrogens is 262 g/mol. The summed E-state index contributed by atoms with van der Waals surface area (Å²) in [6.45, 7) is 3.60. The SMILES string of the molecule is Nc1ncnc(NC2CCN(CC3CC3)CC2)c1Cl. The first-order valence-corrected chi connectivity index (χ1v) is 7.35. The molecule has 1 aromatic rings. The largest absolute Gasteiger partial charge is 0.382 e. The van der Waals surface area contributed by atoms with Gasteiger partial charge in [-0.3, -0.25) is 0 Å². The number of nitrogens with zero attached hydrogens (tertiary/aromatic N) is 3. The van der Waals surface area contributed by atoms with Crippen molar-refractivity contribution in [2.75, 3.05) is 30.7 Å². The number of hydrogen-bond donors (Lipinski definition) is 2. The van der Waals surface area contributed by atoms with Gasteiger partial charge < -0.3 is 16.0 Å². The van der Waals surface area contributed by atoms with Gasteiger partial charge in [0.2, 0.25) is 0 Å². The zero-order chi connectivity index (χ0) is 13.2. The maximum atomic E-state index is 6.10. The maximum absolute atomic E-state index is 6.10. The number of aromatic nitrogens is 2. The first-order chi connectivity index (χ1) is 9.22. The molecule has 1 aliphatic heterocycles. The maximum Gasteiger partial charge on any atom is 0.150 e. The number of nitrogens with one attached hydrogen (secondary N) is 1. The third-order valence-electron chi connectivity index (χ3n) is 3.96. The second kappa shape index (κ2) is 5.51. The molecule has 2 heterocycles. The molecule has 5 nitrogen and oxygen atoms in total. The number of halogens is 1. The smallest absolute Gasteiger partial charge is 0.150 e. The molecule has 104 valence electrons. The summed E-state index contributed by atoms with van der Waals surface area (Å²) in [6.07, 6.45) is 6.56. The fourth-order valence-electron chi connectivity index (χ4n) is 2.60. The number of nitrogens with two attached hydrogens (primary N) is 1. The van der Waals surface area contributed by atoms with E-state index in [0.29, 0.717) is 22.7 Å². The first-order valence-electron chi connectivity index (χ1n) is 6.97. The Bertz CT molecular complexity index is 441. The molecule has 0 amide bonds. The van der Waals surface area contributed by atoms with Crippen LogP contribution in [0.3, 0.4) is 0 Å². The molecule has 3 N–H and O–H groups in total. The number of likely N-dealkylation sites (tertiary alicyclic amines) is 1. The lowest BCUT2D eigenvalue weighted by molar-refractivity contribution is 0.211. The van der Waals surface area contributed by atoms with Crippen LogP contribution in [0.1, 0.15) is 25.7 Å². The quantitative estimate of drug-likeness (QED) is 0.884. The van der Waals surface area contributed by atoms with Crippen LogP contribution in [0, 0.1) is 5.92 Å². The van der Waals surface area contributed by atoms with Crippen LogP contribution >= 0.6 is 11.6 Å². The molecule has 0 aromatic carbocycles. The topological polar surface area (TPSA) is 67.1 Å². The Labute approximate surface area is 118 Å². The van der Waals surface area contributed by atoms with E-state index in [4.69, 9.17) is 17.3 Å². The molecule has 0 atom stereocenters. The standard InChI is InChI=1S/C13H20ClN5/c14-11-12(15)16-8-17-13(11)18-10-3-5-19(6-4-10)7-9-1-2-9/h8-10H,1-7H2,(H3,15,16,17,18). The lowest BCUT2D eigenvalue weighted by atomic mass is 10.0. The molecule has 3 rings (SSSR count). The van der Waals surface area contributed by atoms with Crippen molar-refractivity contribution >= 4 is 23.2 Å². The average Bonchev–Trinajstić information content (AvgIpc) is 3.21. The van der Waals surface area contributed by atoms with Crippen molar-refractivity contribution in [3.63, 3.8) is 0 Å². The van der Waals surface area contributed by atoms with E-state index < -0.39 is 0 Å². The Morgan fingerprint density at radius 3 is 2.68 bits per heavy atom. The molecule has 2 fully saturated rings. The van der Waals surface area contributed by atoms with Crippen molar-refractivity contribution in [3.05, 3.63) is 11.3 Å². The van der Waals surface area contributed by atoms with Gasteiger partial charge in [0.25, 0.3) is 0 Å². The predicted molar refractivity (Wildman–Crippen MR) is 77.3 cm³/mol. The van der Waals surface area contributed by atoms with E-state index in [1.165, 1.54) is 25.7 Å². The van der Waals surface area contributed by atoms with Crippen molar-refractivity contribution < 1.29 is 0 Å². The number of piperidine rings is 1. The van der Waals surface area contributed by atoms with Gasteiger partial charge in [0.15, 0.2) is 5.82 Å². The zero-order valence-corrected chi connectivity index (χ0v) is 11.7. The van der Waals surface area contributed by atoms with Gasteiger partial charge in [0.1, 0.15) is 17.2 Å². The molecule has 1 saturated heterocycles. The van der Waals surface area contributed by atoms with Gasteiger partial charge in [-0.1, -0.05) is 11.6 Å². The highest BCUT2D eigenvalue weighted by Crippen LogP contribution is 2.31. The Kier molecular flexibility index (Phi) is 3.75. The van der Waals surface area contributed by atoms with Gasteiger partial charge >= 0.3 is 0 Å². The van der Waals surface area contributed by atoms with Crippen LogP contribution < -0.4 is 11.1 Å². The van der Waals surface area contributed by atoms with E-state index in [2.05, 4.69) is 20.2 Å². The third kappa shape index (κ3) is 3.28. The van der Waals surface area contributed by atoms with E-state index in [9.17, 15) is 0 Å². The molecule has 0 radical (unpaired) electrons. The molecule has 1 aliphatic carbocycles. The highest BCUT2D eigenvalue weighted by atomic mass is 35.5. The highest BCUT2D eigenvalue weighted by molar-refractivity contribution is 6.35. The van der Waals surface area contributed by atoms with Gasteiger partial charge in [-0.15, -0.1) is 0 Å². The summed E-state index contributed by atoms with van der Waals surface area (Å²) in [7, 11) is 0. The summed E-state index contributed by atoms with van der Waals surface area (Å²) in [5, 5.41) is 3.82. The molecule has 0 unspecified atom stereocenters. The molecular formula is C13H20ClN5. The second-order valence-electron chi connectivity index (χ2n) is 5.58. The lowest BCUT2D eigenvalue weighted by Gasteiger charge is -2.32. The average molecular weight is 282 g/mol. The minimum atomic E-state index is 0.338. The zero-order valence-electron chi connectivity index (χ0n) is 11.0. The van der Waals surface area contributed by atoms with Crippen LogP contribution in [0.25, 0.3) is 0 Å². The van der Waals surface area contributed by atoms with Crippen LogP contribution in [0.4, 0.5) is 11.6 Å². The van der Waals surface area contributed by atoms with E-state index in [0.717, 1.165) is 31.8 Å². The van der Waals surface area contributed by atoms with Crippen molar-refractivity contribution in [1.29, 1.82) is 0 Å². The minimum Gasteiger partial charge on any atom is -0.382 e. The molecule has 0 spiro atoms. The first kappa shape index (κ1) is 12.9. The number of hydrogen-bond acceptors (Lipinski definition) is 5. The molecule has 2 aliphatic rings. The minimum absolute atomic E-state index is 0.338. The molecule has 0 bridgehead atoms. The number of anilines is 2. The highest BCUT2D eigenvalue weighted by Gasteiger charge is 2.27. The van der Waals surface area contributed by atoms with Crippen molar-refractivity contribution in [3.8, 4) is 0 Å². The third-order valence-corrected chi connectivity index (χ3v) is 4.33. The molecule has 1 aromatic heterocycles. The summed E-state index contributed by atoms with van der Waals surface area (Å²) in [5.74, 6) is 1.97. The van der Waals surface area contributed by atoms with E-state index in [1.54, 1.807) is 0 Å². The summed E-state index contributed by atoms with van der Waals surface area (Å²) in [5.41, 5.74) is 5.68. The molecule has 19 heavy (non-hydrogen) atoms. The van der Waals surface area contributed by atoms with Crippen LogP contribution in [0.5, 0.6) is 0 Å². The monoisotopic (exact) mass is 281 g/mol. The Hall–Kier alpha value is -1.07. The van der Waals surface area contributed by atoms with Gasteiger partial charge in [-0.05, 0) is 31.6 Å². The summed E-state index contributed by atoms with van der Waals surface area (Å²) in [6, 6.07) is 0.433. The van der Waals surface area contributed by atoms with Crippen LogP contribution in [-0.4, -0.2) is 40.5 Å². The van der Waals surface area contributed by atoms with Crippen LogP contribution in [0.15, 0.2) is 6.33 Å². The van der Waals surface area contributed by atoms with Gasteiger partial charge in [0.05, 0.1) is 0 Å². The second-order valence-corrected chi connectivity index (χ2v) is 5.96. The van der Waals surface area contributed by atoms with E-state index in [-0.39, 0.29) is 0 Å². The fraction of sp³-hybridized carbons (Fsp3) is 0.692. The summed E-state index contributed by atoms with van der Waals surface area (Å²) in [4.78, 5) is 10.6. The van der Waals surface area contributed by atoms with Gasteiger partial charge in [-0.2, -0.15) is 0 Å². The van der Waals surface area contributed by atoms with Gasteiger partial charge in [-0.25, -0.2) is 9.97 Å². The Morgan fingerprint density at radius 1 is 1.26 bits per heavy atom. The van der Waals surface area contributed by atoms with Crippen molar-refractivity contribution in [2.45, 2.75) is 31.7 Å². The Balaban J connectivity index is 1.52. The Morgan fingerprint density at radius 2 is 2.00 bits per heavy atom. The summed E-state index contributed by atoms with van der Waals surface area (Å²) >= 11 is 6.10. The van der Waals surface area contributed by atoms with Crippen molar-refractivity contribution in [1.82, 2.24) is 14.9 Å². The van der Waals surface area contributed by atoms with Gasteiger partial charge in [0, 0.05) is 25.7 Å². The lowest BCUT2D eigenvalue weighted by Crippen LogP contribution is -2.40. The van der Waals surface area contributed by atoms with Crippen LogP contribution in [0.2, 0.25) is 5.02 Å². The normalized spacial score (nSPS) is 21.5. The van der Waals surface area contributed by atoms with E-state index in [1.807, 2.05) is 0 Å². The molecule has 6 heteroatoms. The number of rotatable bonds is 4. The fourth-order valence-corrected chi connectivity index (χ4v) is 2.76. The van der Waals surface area contributed by atoms with Crippen molar-refractivity contribution in [2.24, 2.45) is 5.92 Å². The van der Waals surface area contributed by atoms with E-state index >= 15 is 0 Å². The molecule has 1 saturated carbocycles.